The van der Waals surface area contributed by atoms with E-state index < -0.39 is 0 Å². The molecule has 0 spiro atoms. The van der Waals surface area contributed by atoms with E-state index in [2.05, 4.69) is 69.3 Å². The van der Waals surface area contributed by atoms with Crippen molar-refractivity contribution < 1.29 is 4.39 Å². The number of aryl methyl sites for hydroxylation is 1. The Morgan fingerprint density at radius 3 is 2.33 bits per heavy atom. The topological polar surface area (TPSA) is 12.9 Å². The highest BCUT2D eigenvalue weighted by Gasteiger charge is 2.20. The number of nitrogens with zero attached hydrogens (tertiary/aromatic N) is 1. The third kappa shape index (κ3) is 5.84. The van der Waals surface area contributed by atoms with Gasteiger partial charge >= 0.3 is 0 Å². The first-order chi connectivity index (χ1) is 16.0. The van der Waals surface area contributed by atoms with Crippen LogP contribution in [0.2, 0.25) is 0 Å². The van der Waals surface area contributed by atoms with Gasteiger partial charge in [-0.3, -0.25) is 4.98 Å². The summed E-state index contributed by atoms with van der Waals surface area (Å²) in [7, 11) is 0. The number of rotatable bonds is 9. The zero-order valence-corrected chi connectivity index (χ0v) is 19.8. The molecular weight excluding hydrogens is 405 g/mol. The van der Waals surface area contributed by atoms with Gasteiger partial charge < -0.3 is 0 Å². The van der Waals surface area contributed by atoms with E-state index in [9.17, 15) is 4.39 Å². The summed E-state index contributed by atoms with van der Waals surface area (Å²) in [5.74, 6) is 0.0693. The van der Waals surface area contributed by atoms with Crippen molar-refractivity contribution in [3.8, 4) is 0 Å². The predicted molar refractivity (Wildman–Crippen MR) is 139 cm³/mol. The first-order valence-electron chi connectivity index (χ1n) is 11.4. The fraction of sp³-hybridized carbons (Fsp3) is 0.194. The Morgan fingerprint density at radius 1 is 1.03 bits per heavy atom. The van der Waals surface area contributed by atoms with Gasteiger partial charge in [0.2, 0.25) is 0 Å². The average Bonchev–Trinajstić information content (AvgIpc) is 2.83. The molecule has 0 bridgehead atoms. The van der Waals surface area contributed by atoms with Crippen LogP contribution in [-0.4, -0.2) is 4.98 Å². The molecule has 0 aliphatic rings. The van der Waals surface area contributed by atoms with Crippen LogP contribution < -0.4 is 0 Å². The molecule has 33 heavy (non-hydrogen) atoms. The van der Waals surface area contributed by atoms with Crippen molar-refractivity contribution in [3.05, 3.63) is 138 Å². The minimum atomic E-state index is -0.208. The Hall–Kier alpha value is -3.52. The number of hydrogen-bond acceptors (Lipinski definition) is 1. The van der Waals surface area contributed by atoms with Crippen LogP contribution in [0.3, 0.4) is 0 Å². The molecular formula is C31H32FN. The van der Waals surface area contributed by atoms with Crippen molar-refractivity contribution in [3.63, 3.8) is 0 Å². The van der Waals surface area contributed by atoms with E-state index in [4.69, 9.17) is 0 Å². The van der Waals surface area contributed by atoms with Crippen LogP contribution in [-0.2, 0) is 0 Å². The fourth-order valence-electron chi connectivity index (χ4n) is 4.32. The standard InChI is InChI=1S/C31H32FN/c1-6-12-29(28-14-9-8-13-22(28)3)31(24(5)30-15-10-11-20-33-30)23(4)21-25(7-2)26-16-18-27(32)19-17-26/h6,8-20,25H,1,5,7,21H2,2-4H3/b29-12+,31-23-. The Bertz CT molecular complexity index is 1170. The zero-order chi connectivity index (χ0) is 23.8. The number of benzene rings is 2. The third-order valence-corrected chi connectivity index (χ3v) is 6.08. The molecule has 0 fully saturated rings. The van der Waals surface area contributed by atoms with Gasteiger partial charge in [-0.25, -0.2) is 4.39 Å². The van der Waals surface area contributed by atoms with E-state index in [1.54, 1.807) is 18.3 Å². The van der Waals surface area contributed by atoms with Crippen molar-refractivity contribution in [1.82, 2.24) is 4.98 Å². The molecule has 3 rings (SSSR count). The lowest BCUT2D eigenvalue weighted by Gasteiger charge is -2.23. The van der Waals surface area contributed by atoms with Gasteiger partial charge in [0.25, 0.3) is 0 Å². The smallest absolute Gasteiger partial charge is 0.123 e. The Kier molecular flexibility index (Phi) is 8.32. The molecule has 0 N–H and O–H groups in total. The first kappa shape index (κ1) is 24.1. The Labute approximate surface area is 197 Å². The van der Waals surface area contributed by atoms with Gasteiger partial charge in [0.05, 0.1) is 5.69 Å². The third-order valence-electron chi connectivity index (χ3n) is 6.08. The molecule has 168 valence electrons. The summed E-state index contributed by atoms with van der Waals surface area (Å²) in [4.78, 5) is 4.58. The quantitative estimate of drug-likeness (QED) is 0.305. The lowest BCUT2D eigenvalue weighted by molar-refractivity contribution is 0.619. The highest BCUT2D eigenvalue weighted by Crippen LogP contribution is 2.39. The molecule has 1 aromatic heterocycles. The summed E-state index contributed by atoms with van der Waals surface area (Å²) >= 11 is 0. The molecule has 0 saturated heterocycles. The largest absolute Gasteiger partial charge is 0.256 e. The van der Waals surface area contributed by atoms with Crippen molar-refractivity contribution in [2.45, 2.75) is 39.5 Å². The molecule has 0 amide bonds. The van der Waals surface area contributed by atoms with Gasteiger partial charge in [-0.15, -0.1) is 0 Å². The van der Waals surface area contributed by atoms with Gasteiger partial charge in [-0.05, 0) is 84.7 Å². The monoisotopic (exact) mass is 437 g/mol. The summed E-state index contributed by atoms with van der Waals surface area (Å²) in [6, 6.07) is 21.1. The number of allylic oxidation sites excluding steroid dienone is 6. The van der Waals surface area contributed by atoms with Gasteiger partial charge in [0.15, 0.2) is 0 Å². The molecule has 0 radical (unpaired) electrons. The lowest BCUT2D eigenvalue weighted by Crippen LogP contribution is -2.04. The summed E-state index contributed by atoms with van der Waals surface area (Å²) in [5.41, 5.74) is 8.62. The molecule has 0 aliphatic heterocycles. The van der Waals surface area contributed by atoms with E-state index in [0.717, 1.165) is 46.4 Å². The molecule has 3 aromatic rings. The second-order valence-corrected chi connectivity index (χ2v) is 8.34. The normalized spacial score (nSPS) is 13.3. The summed E-state index contributed by atoms with van der Waals surface area (Å²) in [6.45, 7) is 14.9. The second-order valence-electron chi connectivity index (χ2n) is 8.34. The van der Waals surface area contributed by atoms with E-state index >= 15 is 0 Å². The van der Waals surface area contributed by atoms with E-state index in [-0.39, 0.29) is 11.7 Å². The SMILES string of the molecule is C=C/C=C(/C(C(=C)c1ccccn1)=C(/C)CC(CC)c1ccc(F)cc1)c1ccccc1C. The van der Waals surface area contributed by atoms with E-state index in [0.29, 0.717) is 0 Å². The number of pyridine rings is 1. The number of halogens is 1. The zero-order valence-electron chi connectivity index (χ0n) is 19.8. The Balaban J connectivity index is 2.16. The van der Waals surface area contributed by atoms with Crippen LogP contribution in [0.1, 0.15) is 55.0 Å². The molecule has 2 heteroatoms. The summed E-state index contributed by atoms with van der Waals surface area (Å²) < 4.78 is 13.5. The maximum Gasteiger partial charge on any atom is 0.123 e. The van der Waals surface area contributed by atoms with Crippen molar-refractivity contribution >= 4 is 11.1 Å². The fourth-order valence-corrected chi connectivity index (χ4v) is 4.32. The van der Waals surface area contributed by atoms with Crippen LogP contribution >= 0.6 is 0 Å². The first-order valence-corrected chi connectivity index (χ1v) is 11.4. The van der Waals surface area contributed by atoms with E-state index in [1.165, 1.54) is 11.1 Å². The molecule has 1 unspecified atom stereocenters. The van der Waals surface area contributed by atoms with Crippen molar-refractivity contribution in [1.29, 1.82) is 0 Å². The molecule has 1 atom stereocenters. The van der Waals surface area contributed by atoms with Gasteiger partial charge in [-0.2, -0.15) is 0 Å². The van der Waals surface area contributed by atoms with Gasteiger partial charge in [-0.1, -0.05) is 80.3 Å². The van der Waals surface area contributed by atoms with Gasteiger partial charge in [0, 0.05) is 11.8 Å². The van der Waals surface area contributed by atoms with Crippen LogP contribution in [0.5, 0.6) is 0 Å². The average molecular weight is 438 g/mol. The van der Waals surface area contributed by atoms with Crippen molar-refractivity contribution in [2.24, 2.45) is 0 Å². The lowest BCUT2D eigenvalue weighted by atomic mass is 9.82. The van der Waals surface area contributed by atoms with Crippen LogP contribution in [0.15, 0.2) is 109 Å². The van der Waals surface area contributed by atoms with Crippen LogP contribution in [0.4, 0.5) is 4.39 Å². The van der Waals surface area contributed by atoms with Gasteiger partial charge in [0.1, 0.15) is 5.82 Å². The summed E-state index contributed by atoms with van der Waals surface area (Å²) in [5, 5.41) is 0. The molecule has 1 nitrogen and oxygen atoms in total. The second kappa shape index (κ2) is 11.4. The minimum absolute atomic E-state index is 0.208. The van der Waals surface area contributed by atoms with Crippen molar-refractivity contribution in [2.75, 3.05) is 0 Å². The highest BCUT2D eigenvalue weighted by atomic mass is 19.1. The minimum Gasteiger partial charge on any atom is -0.256 e. The summed E-state index contributed by atoms with van der Waals surface area (Å²) in [6.07, 6.45) is 7.48. The molecule has 0 aliphatic carbocycles. The van der Waals surface area contributed by atoms with Crippen LogP contribution in [0.25, 0.3) is 11.1 Å². The number of aromatic nitrogens is 1. The molecule has 0 saturated carbocycles. The molecule has 1 heterocycles. The molecule has 2 aromatic carbocycles. The van der Waals surface area contributed by atoms with E-state index in [1.807, 2.05) is 36.4 Å². The number of hydrogen-bond donors (Lipinski definition) is 0. The maximum absolute atomic E-state index is 13.5. The van der Waals surface area contributed by atoms with Crippen LogP contribution in [0, 0.1) is 12.7 Å². The Morgan fingerprint density at radius 2 is 1.73 bits per heavy atom. The highest BCUT2D eigenvalue weighted by molar-refractivity contribution is 5.98. The maximum atomic E-state index is 13.5. The predicted octanol–water partition coefficient (Wildman–Crippen LogP) is 8.71.